The lowest BCUT2D eigenvalue weighted by Crippen LogP contribution is -2.25. The Hall–Kier alpha value is -1.78. The number of carboxylic acid groups (broad SMARTS) is 1. The minimum Gasteiger partial charge on any atom is -0.478 e. The van der Waals surface area contributed by atoms with E-state index in [1.807, 2.05) is 11.9 Å². The molecule has 19 heavy (non-hydrogen) atoms. The van der Waals surface area contributed by atoms with Crippen molar-refractivity contribution >= 4 is 17.3 Å². The summed E-state index contributed by atoms with van der Waals surface area (Å²) in [4.78, 5) is 12.7. The molecule has 1 aromatic carbocycles. The topological polar surface area (TPSA) is 66.6 Å². The molecule has 2 rings (SSSR count). The van der Waals surface area contributed by atoms with E-state index in [1.165, 1.54) is 37.8 Å². The van der Waals surface area contributed by atoms with Crippen LogP contribution in [0.4, 0.5) is 15.8 Å². The van der Waals surface area contributed by atoms with Gasteiger partial charge >= 0.3 is 5.97 Å². The van der Waals surface area contributed by atoms with Gasteiger partial charge in [0.05, 0.1) is 16.9 Å². The van der Waals surface area contributed by atoms with Gasteiger partial charge in [0.15, 0.2) is 0 Å². The minimum absolute atomic E-state index is 0.305. The second-order valence-corrected chi connectivity index (χ2v) is 5.23. The van der Waals surface area contributed by atoms with Crippen molar-refractivity contribution in [1.29, 1.82) is 0 Å². The molecular weight excluding hydrogens is 247 g/mol. The molecule has 0 radical (unpaired) electrons. The maximum atomic E-state index is 13.7. The van der Waals surface area contributed by atoms with Crippen LogP contribution in [0, 0.1) is 11.7 Å². The molecule has 1 saturated carbocycles. The van der Waals surface area contributed by atoms with Gasteiger partial charge in [-0.3, -0.25) is 0 Å². The van der Waals surface area contributed by atoms with Crippen molar-refractivity contribution < 1.29 is 14.3 Å². The zero-order valence-electron chi connectivity index (χ0n) is 11.0. The highest BCUT2D eigenvalue weighted by atomic mass is 19.1. The molecule has 1 fully saturated rings. The van der Waals surface area contributed by atoms with Crippen LogP contribution in [0.25, 0.3) is 0 Å². The van der Waals surface area contributed by atoms with E-state index in [0.717, 1.165) is 6.54 Å². The number of nitrogens with two attached hydrogens (primary N) is 1. The molecule has 0 spiro atoms. The summed E-state index contributed by atoms with van der Waals surface area (Å²) in [5.74, 6) is -1.42. The number of hydrogen-bond acceptors (Lipinski definition) is 3. The molecular formula is C14H19FN2O2. The van der Waals surface area contributed by atoms with Gasteiger partial charge in [-0.2, -0.15) is 0 Å². The highest BCUT2D eigenvalue weighted by Crippen LogP contribution is 2.30. The second-order valence-electron chi connectivity index (χ2n) is 5.23. The molecule has 4 nitrogen and oxygen atoms in total. The molecule has 5 heteroatoms. The number of nitrogen functional groups attached to an aromatic ring is 1. The van der Waals surface area contributed by atoms with Crippen LogP contribution in [-0.4, -0.2) is 24.7 Å². The van der Waals surface area contributed by atoms with Crippen LogP contribution in [0.15, 0.2) is 12.1 Å². The Morgan fingerprint density at radius 2 is 2.11 bits per heavy atom. The zero-order chi connectivity index (χ0) is 14.0. The molecule has 0 atom stereocenters. The third kappa shape index (κ3) is 2.97. The smallest absolute Gasteiger partial charge is 0.338 e. The van der Waals surface area contributed by atoms with Gasteiger partial charge in [-0.05, 0) is 24.8 Å². The summed E-state index contributed by atoms with van der Waals surface area (Å²) < 4.78 is 13.7. The standard InChI is InChI=1S/C14H19FN2O2/c1-17(8-9-4-2-3-5-9)13-7-11(15)10(14(18)19)6-12(13)16/h6-7,9H,2-5,8,16H2,1H3,(H,18,19). The molecule has 0 bridgehead atoms. The Morgan fingerprint density at radius 1 is 1.47 bits per heavy atom. The summed E-state index contributed by atoms with van der Waals surface area (Å²) in [6.07, 6.45) is 4.89. The van der Waals surface area contributed by atoms with E-state index in [-0.39, 0.29) is 5.56 Å². The summed E-state index contributed by atoms with van der Waals surface area (Å²) in [6, 6.07) is 2.41. The number of carboxylic acids is 1. The second kappa shape index (κ2) is 5.47. The third-order valence-corrected chi connectivity index (χ3v) is 3.76. The fourth-order valence-corrected chi connectivity index (χ4v) is 2.75. The summed E-state index contributed by atoms with van der Waals surface area (Å²) in [6.45, 7) is 0.829. The van der Waals surface area contributed by atoms with Crippen LogP contribution in [0.3, 0.4) is 0 Å². The van der Waals surface area contributed by atoms with Crippen LogP contribution < -0.4 is 10.6 Å². The number of hydrogen-bond donors (Lipinski definition) is 2. The summed E-state index contributed by atoms with van der Waals surface area (Å²) >= 11 is 0. The Bertz CT molecular complexity index is 485. The van der Waals surface area contributed by atoms with Crippen molar-refractivity contribution in [3.63, 3.8) is 0 Å². The van der Waals surface area contributed by atoms with Gasteiger partial charge in [-0.1, -0.05) is 12.8 Å². The average molecular weight is 266 g/mol. The number of anilines is 2. The van der Waals surface area contributed by atoms with E-state index >= 15 is 0 Å². The first-order valence-electron chi connectivity index (χ1n) is 6.52. The van der Waals surface area contributed by atoms with Gasteiger partial charge in [-0.25, -0.2) is 9.18 Å². The van der Waals surface area contributed by atoms with Gasteiger partial charge in [0.25, 0.3) is 0 Å². The Labute approximate surface area is 112 Å². The maximum absolute atomic E-state index is 13.7. The Balaban J connectivity index is 2.19. The van der Waals surface area contributed by atoms with E-state index in [2.05, 4.69) is 0 Å². The van der Waals surface area contributed by atoms with Crippen LogP contribution in [0.2, 0.25) is 0 Å². The lowest BCUT2D eigenvalue weighted by atomic mass is 10.1. The molecule has 0 unspecified atom stereocenters. The molecule has 3 N–H and O–H groups in total. The van der Waals surface area contributed by atoms with Crippen molar-refractivity contribution in [2.45, 2.75) is 25.7 Å². The van der Waals surface area contributed by atoms with Gasteiger partial charge < -0.3 is 15.7 Å². The summed E-state index contributed by atoms with van der Waals surface area (Å²) in [5.41, 5.74) is 6.32. The molecule has 1 aliphatic carbocycles. The normalized spacial score (nSPS) is 15.7. The fraction of sp³-hybridized carbons (Fsp3) is 0.500. The molecule has 104 valence electrons. The van der Waals surface area contributed by atoms with Crippen LogP contribution in [0.5, 0.6) is 0 Å². The lowest BCUT2D eigenvalue weighted by molar-refractivity contribution is 0.0692. The summed E-state index contributed by atoms with van der Waals surface area (Å²) in [7, 11) is 1.86. The van der Waals surface area contributed by atoms with Gasteiger partial charge in [0, 0.05) is 19.7 Å². The minimum atomic E-state index is -1.30. The molecule has 1 aromatic rings. The van der Waals surface area contributed by atoms with Gasteiger partial charge in [0.2, 0.25) is 0 Å². The van der Waals surface area contributed by atoms with E-state index in [1.54, 1.807) is 0 Å². The Morgan fingerprint density at radius 3 is 2.68 bits per heavy atom. The van der Waals surface area contributed by atoms with E-state index in [9.17, 15) is 9.18 Å². The average Bonchev–Trinajstić information content (AvgIpc) is 2.83. The van der Waals surface area contributed by atoms with Crippen molar-refractivity contribution in [2.75, 3.05) is 24.2 Å². The Kier molecular flexibility index (Phi) is 3.93. The molecule has 0 amide bonds. The van der Waals surface area contributed by atoms with Gasteiger partial charge in [-0.15, -0.1) is 0 Å². The number of carbonyl (C=O) groups is 1. The van der Waals surface area contributed by atoms with E-state index in [4.69, 9.17) is 10.8 Å². The predicted molar refractivity (Wildman–Crippen MR) is 73.0 cm³/mol. The van der Waals surface area contributed by atoms with Crippen LogP contribution in [0.1, 0.15) is 36.0 Å². The SMILES string of the molecule is CN(CC1CCCC1)c1cc(F)c(C(=O)O)cc1N. The predicted octanol–water partition coefficient (Wildman–Crippen LogP) is 2.73. The molecule has 0 saturated heterocycles. The molecule has 0 aliphatic heterocycles. The number of nitrogens with zero attached hydrogens (tertiary/aromatic N) is 1. The highest BCUT2D eigenvalue weighted by molar-refractivity contribution is 5.90. The van der Waals surface area contributed by atoms with E-state index < -0.39 is 11.8 Å². The number of rotatable bonds is 4. The van der Waals surface area contributed by atoms with Crippen molar-refractivity contribution in [3.05, 3.63) is 23.5 Å². The van der Waals surface area contributed by atoms with Crippen molar-refractivity contribution in [1.82, 2.24) is 0 Å². The largest absolute Gasteiger partial charge is 0.478 e. The first-order valence-corrected chi connectivity index (χ1v) is 6.52. The maximum Gasteiger partial charge on any atom is 0.338 e. The summed E-state index contributed by atoms with van der Waals surface area (Å²) in [5, 5.41) is 8.84. The first-order chi connectivity index (χ1) is 8.99. The first kappa shape index (κ1) is 13.6. The van der Waals surface area contributed by atoms with E-state index in [0.29, 0.717) is 17.3 Å². The van der Waals surface area contributed by atoms with Crippen LogP contribution in [-0.2, 0) is 0 Å². The van der Waals surface area contributed by atoms with Crippen molar-refractivity contribution in [2.24, 2.45) is 5.92 Å². The van der Waals surface area contributed by atoms with Crippen LogP contribution >= 0.6 is 0 Å². The molecule has 1 aliphatic rings. The quantitative estimate of drug-likeness (QED) is 0.822. The monoisotopic (exact) mass is 266 g/mol. The van der Waals surface area contributed by atoms with Crippen molar-refractivity contribution in [3.8, 4) is 0 Å². The zero-order valence-corrected chi connectivity index (χ0v) is 11.0. The number of halogens is 1. The fourth-order valence-electron chi connectivity index (χ4n) is 2.75. The van der Waals surface area contributed by atoms with Gasteiger partial charge in [0.1, 0.15) is 5.82 Å². The highest BCUT2D eigenvalue weighted by Gasteiger charge is 2.20. The lowest BCUT2D eigenvalue weighted by Gasteiger charge is -2.24. The third-order valence-electron chi connectivity index (χ3n) is 3.76. The molecule has 0 aromatic heterocycles. The molecule has 0 heterocycles. The number of aromatic carboxylic acids is 1. The number of benzene rings is 1.